The highest BCUT2D eigenvalue weighted by Crippen LogP contribution is 2.40. The van der Waals surface area contributed by atoms with E-state index in [1.807, 2.05) is 5.43 Å². The smallest absolute Gasteiger partial charge is 0.323 e. The van der Waals surface area contributed by atoms with Crippen molar-refractivity contribution in [2.24, 2.45) is 5.84 Å². The Morgan fingerprint density at radius 1 is 1.25 bits per heavy atom. The first-order valence-corrected chi connectivity index (χ1v) is 5.99. The monoisotopic (exact) mass is 355 g/mol. The van der Waals surface area contributed by atoms with Crippen molar-refractivity contribution in [3.8, 4) is 0 Å². The van der Waals surface area contributed by atoms with Crippen LogP contribution in [0.1, 0.15) is 11.3 Å². The van der Waals surface area contributed by atoms with Gasteiger partial charge in [-0.1, -0.05) is 0 Å². The Balaban J connectivity index is 3.04. The van der Waals surface area contributed by atoms with Gasteiger partial charge in [0, 0.05) is 17.0 Å². The molecular formula is C11H7BrF5N3. The Hall–Kier alpha value is -1.48. The minimum atomic E-state index is -4.78. The van der Waals surface area contributed by atoms with Gasteiger partial charge in [-0.05, 0) is 22.9 Å². The van der Waals surface area contributed by atoms with E-state index in [1.54, 1.807) is 0 Å². The molecule has 1 aromatic heterocycles. The number of fused-ring (bicyclic) bond motifs is 1. The lowest BCUT2D eigenvalue weighted by molar-refractivity contribution is -0.141. The number of nitrogens with one attached hydrogen (secondary N) is 1. The topological polar surface area (TPSA) is 50.9 Å². The molecule has 0 saturated heterocycles. The van der Waals surface area contributed by atoms with E-state index in [2.05, 4.69) is 20.9 Å². The van der Waals surface area contributed by atoms with Crippen LogP contribution in [0.5, 0.6) is 0 Å². The minimum absolute atomic E-state index is 0.185. The average Bonchev–Trinajstić information content (AvgIpc) is 2.33. The number of anilines is 1. The van der Waals surface area contributed by atoms with Gasteiger partial charge in [0.1, 0.15) is 17.0 Å². The first-order valence-electron chi connectivity index (χ1n) is 5.20. The van der Waals surface area contributed by atoms with Crippen LogP contribution in [-0.4, -0.2) is 4.98 Å². The fourth-order valence-corrected chi connectivity index (χ4v) is 2.38. The summed E-state index contributed by atoms with van der Waals surface area (Å²) in [5.74, 6) is 3.02. The highest BCUT2D eigenvalue weighted by atomic mass is 79.9. The molecule has 0 amide bonds. The van der Waals surface area contributed by atoms with Gasteiger partial charge in [0.25, 0.3) is 0 Å². The first-order chi connectivity index (χ1) is 9.18. The fraction of sp³-hybridized carbons (Fsp3) is 0.182. The van der Waals surface area contributed by atoms with E-state index in [-0.39, 0.29) is 21.1 Å². The Bertz CT molecular complexity index is 699. The minimum Gasteiger partial charge on any atom is -0.323 e. The maximum absolute atomic E-state index is 13.7. The molecule has 0 spiro atoms. The summed E-state index contributed by atoms with van der Waals surface area (Å²) in [5.41, 5.74) is -0.452. The Labute approximate surface area is 118 Å². The Morgan fingerprint density at radius 2 is 1.85 bits per heavy atom. The predicted molar refractivity (Wildman–Crippen MR) is 66.9 cm³/mol. The number of pyridine rings is 1. The molecule has 0 aliphatic heterocycles. The lowest BCUT2D eigenvalue weighted by Crippen LogP contribution is -2.16. The molecule has 2 rings (SSSR count). The normalized spacial score (nSPS) is 12.0. The van der Waals surface area contributed by atoms with E-state index >= 15 is 0 Å². The number of alkyl halides is 3. The summed E-state index contributed by atoms with van der Waals surface area (Å²) in [6.07, 6.45) is -4.78. The number of aromatic nitrogens is 1. The third-order valence-electron chi connectivity index (χ3n) is 2.76. The van der Waals surface area contributed by atoms with E-state index in [9.17, 15) is 22.0 Å². The summed E-state index contributed by atoms with van der Waals surface area (Å²) in [4.78, 5) is 3.26. The second-order valence-corrected chi connectivity index (χ2v) is 4.77. The molecule has 0 aliphatic rings. The number of hydrogen-bond donors (Lipinski definition) is 2. The van der Waals surface area contributed by atoms with Crippen LogP contribution in [-0.2, 0) is 6.18 Å². The van der Waals surface area contributed by atoms with Gasteiger partial charge in [-0.3, -0.25) is 5.84 Å². The lowest BCUT2D eigenvalue weighted by atomic mass is 10.1. The van der Waals surface area contributed by atoms with Crippen LogP contribution in [0, 0.1) is 18.6 Å². The van der Waals surface area contributed by atoms with Gasteiger partial charge in [0.05, 0.1) is 10.2 Å². The van der Waals surface area contributed by atoms with Crippen LogP contribution in [0.15, 0.2) is 10.5 Å². The molecule has 0 radical (unpaired) electrons. The van der Waals surface area contributed by atoms with E-state index in [1.165, 1.54) is 0 Å². The number of nitrogen functional groups attached to an aromatic ring is 1. The Morgan fingerprint density at radius 3 is 2.35 bits per heavy atom. The van der Waals surface area contributed by atoms with Crippen molar-refractivity contribution in [3.63, 3.8) is 0 Å². The fourth-order valence-electron chi connectivity index (χ4n) is 1.88. The standard InChI is InChI=1S/C11H7BrF5N3/c1-3-8(20-18)6-7(12)4(13)2-5(14)9(6)19-10(3)11(15,16)17/h2H,18H2,1H3,(H,19,20). The van der Waals surface area contributed by atoms with Crippen molar-refractivity contribution >= 4 is 32.5 Å². The molecule has 9 heteroatoms. The summed E-state index contributed by atoms with van der Waals surface area (Å²) in [5, 5.41) is -0.185. The van der Waals surface area contributed by atoms with Gasteiger partial charge in [0.2, 0.25) is 0 Å². The van der Waals surface area contributed by atoms with Crippen LogP contribution in [0.3, 0.4) is 0 Å². The van der Waals surface area contributed by atoms with E-state index in [4.69, 9.17) is 5.84 Å². The summed E-state index contributed by atoms with van der Waals surface area (Å²) < 4.78 is 65.5. The largest absolute Gasteiger partial charge is 0.433 e. The highest BCUT2D eigenvalue weighted by Gasteiger charge is 2.37. The second-order valence-electron chi connectivity index (χ2n) is 3.98. The third kappa shape index (κ3) is 2.20. The zero-order chi connectivity index (χ0) is 15.2. The quantitative estimate of drug-likeness (QED) is 0.353. The van der Waals surface area contributed by atoms with Crippen molar-refractivity contribution in [3.05, 3.63) is 33.4 Å². The third-order valence-corrected chi connectivity index (χ3v) is 3.54. The van der Waals surface area contributed by atoms with Gasteiger partial charge in [0.15, 0.2) is 5.82 Å². The number of hydrogen-bond acceptors (Lipinski definition) is 3. The van der Waals surface area contributed by atoms with Gasteiger partial charge in [-0.25, -0.2) is 13.8 Å². The van der Waals surface area contributed by atoms with Crippen molar-refractivity contribution < 1.29 is 22.0 Å². The Kier molecular flexibility index (Phi) is 3.59. The molecule has 20 heavy (non-hydrogen) atoms. The molecule has 108 valence electrons. The van der Waals surface area contributed by atoms with Gasteiger partial charge < -0.3 is 5.43 Å². The predicted octanol–water partition coefficient (Wildman–Crippen LogP) is 3.89. The van der Waals surface area contributed by atoms with Crippen LogP contribution in [0.2, 0.25) is 0 Å². The van der Waals surface area contributed by atoms with Gasteiger partial charge in [-0.2, -0.15) is 13.2 Å². The molecule has 3 N–H and O–H groups in total. The highest BCUT2D eigenvalue weighted by molar-refractivity contribution is 9.10. The van der Waals surface area contributed by atoms with Crippen molar-refractivity contribution in [1.82, 2.24) is 4.98 Å². The van der Waals surface area contributed by atoms with Crippen molar-refractivity contribution in [2.45, 2.75) is 13.1 Å². The molecule has 3 nitrogen and oxygen atoms in total. The molecule has 0 atom stereocenters. The molecule has 0 fully saturated rings. The molecule has 0 bridgehead atoms. The van der Waals surface area contributed by atoms with Crippen LogP contribution < -0.4 is 11.3 Å². The zero-order valence-corrected chi connectivity index (χ0v) is 11.5. The number of nitrogens with zero attached hydrogens (tertiary/aromatic N) is 1. The van der Waals surface area contributed by atoms with Crippen LogP contribution in [0.4, 0.5) is 27.6 Å². The molecule has 2 aromatic rings. The van der Waals surface area contributed by atoms with Crippen molar-refractivity contribution in [1.29, 1.82) is 0 Å². The molecule has 1 heterocycles. The number of rotatable bonds is 1. The van der Waals surface area contributed by atoms with Crippen LogP contribution in [0.25, 0.3) is 10.9 Å². The van der Waals surface area contributed by atoms with E-state index in [0.717, 1.165) is 6.92 Å². The second kappa shape index (κ2) is 4.81. The molecule has 0 aliphatic carbocycles. The molecule has 0 unspecified atom stereocenters. The average molecular weight is 356 g/mol. The van der Waals surface area contributed by atoms with Crippen LogP contribution >= 0.6 is 15.9 Å². The van der Waals surface area contributed by atoms with Crippen molar-refractivity contribution in [2.75, 3.05) is 5.43 Å². The number of halogens is 6. The molecule has 0 saturated carbocycles. The maximum Gasteiger partial charge on any atom is 0.433 e. The van der Waals surface area contributed by atoms with Gasteiger partial charge >= 0.3 is 6.18 Å². The number of benzene rings is 1. The number of hydrazine groups is 1. The summed E-state index contributed by atoms with van der Waals surface area (Å²) in [7, 11) is 0. The summed E-state index contributed by atoms with van der Waals surface area (Å²) in [6, 6.07) is 0.454. The first kappa shape index (κ1) is 14.9. The maximum atomic E-state index is 13.7. The molecule has 1 aromatic carbocycles. The van der Waals surface area contributed by atoms with Gasteiger partial charge in [-0.15, -0.1) is 0 Å². The van der Waals surface area contributed by atoms with E-state index in [0.29, 0.717) is 6.07 Å². The van der Waals surface area contributed by atoms with E-state index < -0.39 is 29.0 Å². The molecular weight excluding hydrogens is 349 g/mol. The summed E-state index contributed by atoms with van der Waals surface area (Å²) in [6.45, 7) is 1.11. The number of nitrogens with two attached hydrogens (primary N) is 1. The SMILES string of the molecule is Cc1c(C(F)(F)F)nc2c(F)cc(F)c(Br)c2c1NN. The zero-order valence-electron chi connectivity index (χ0n) is 9.87. The summed E-state index contributed by atoms with van der Waals surface area (Å²) >= 11 is 2.86. The lowest BCUT2D eigenvalue weighted by Gasteiger charge is -2.17.